The van der Waals surface area contributed by atoms with Gasteiger partial charge in [0.15, 0.2) is 0 Å². The Balaban J connectivity index is 1.82. The molecule has 7 nitrogen and oxygen atoms in total. The molecule has 32 heavy (non-hydrogen) atoms. The second-order valence-electron chi connectivity index (χ2n) is 7.41. The van der Waals surface area contributed by atoms with Crippen molar-refractivity contribution in [3.63, 3.8) is 0 Å². The summed E-state index contributed by atoms with van der Waals surface area (Å²) in [7, 11) is 1.77. The van der Waals surface area contributed by atoms with Gasteiger partial charge in [-0.25, -0.2) is 14.3 Å². The number of H-pyrrole nitrogens is 1. The van der Waals surface area contributed by atoms with Gasteiger partial charge in [-0.2, -0.15) is 10.2 Å². The maximum absolute atomic E-state index is 15.0. The van der Waals surface area contributed by atoms with E-state index in [0.29, 0.717) is 39.2 Å². The highest BCUT2D eigenvalue weighted by atomic mass is 19.1. The summed E-state index contributed by atoms with van der Waals surface area (Å²) in [5, 5.41) is 12.7. The lowest BCUT2D eigenvalue weighted by molar-refractivity contribution is 0.638. The molecule has 2 heterocycles. The second-order valence-corrected chi connectivity index (χ2v) is 7.41. The standard InChI is InChI=1S/C24H17FN6O/c1-27-22-15-6-4-3-5-13(15)7-8-16(22)23-18(12-28-31(23)2)14-9-17-20(11-26)29-30-24(32)21(17)19(25)10-14/h3-10,12H,11,26H2,2H3,(H,30,32). The van der Waals surface area contributed by atoms with Gasteiger partial charge in [0.05, 0.1) is 29.5 Å². The maximum Gasteiger partial charge on any atom is 0.275 e. The van der Waals surface area contributed by atoms with E-state index >= 15 is 4.39 Å². The first-order chi connectivity index (χ1) is 15.5. The zero-order valence-corrected chi connectivity index (χ0v) is 17.1. The number of hydrogen-bond acceptors (Lipinski definition) is 4. The number of aromatic nitrogens is 4. The van der Waals surface area contributed by atoms with Crippen molar-refractivity contribution < 1.29 is 4.39 Å². The number of fused-ring (bicyclic) bond motifs is 2. The molecule has 8 heteroatoms. The van der Waals surface area contributed by atoms with Gasteiger partial charge in [-0.1, -0.05) is 36.4 Å². The Morgan fingerprint density at radius 3 is 2.75 bits per heavy atom. The maximum atomic E-state index is 15.0. The van der Waals surface area contributed by atoms with E-state index in [0.717, 1.165) is 10.8 Å². The van der Waals surface area contributed by atoms with Gasteiger partial charge < -0.3 is 5.73 Å². The van der Waals surface area contributed by atoms with Crippen LogP contribution in [-0.2, 0) is 13.6 Å². The molecule has 0 saturated heterocycles. The van der Waals surface area contributed by atoms with Gasteiger partial charge in [0.25, 0.3) is 5.56 Å². The number of nitrogens with two attached hydrogens (primary N) is 1. The van der Waals surface area contributed by atoms with E-state index in [2.05, 4.69) is 20.1 Å². The minimum Gasteiger partial charge on any atom is -0.325 e. The van der Waals surface area contributed by atoms with Crippen LogP contribution in [0.2, 0.25) is 0 Å². The lowest BCUT2D eigenvalue weighted by atomic mass is 9.95. The Bertz CT molecular complexity index is 1630. The van der Waals surface area contributed by atoms with Crippen molar-refractivity contribution in [2.24, 2.45) is 12.8 Å². The van der Waals surface area contributed by atoms with E-state index in [1.165, 1.54) is 6.07 Å². The molecule has 0 aliphatic rings. The third-order valence-corrected chi connectivity index (χ3v) is 5.63. The van der Waals surface area contributed by atoms with E-state index in [1.54, 1.807) is 24.0 Å². The quantitative estimate of drug-likeness (QED) is 0.423. The number of aromatic amines is 1. The Morgan fingerprint density at radius 1 is 1.16 bits per heavy atom. The van der Waals surface area contributed by atoms with Gasteiger partial charge in [0, 0.05) is 30.1 Å². The van der Waals surface area contributed by atoms with Crippen LogP contribution < -0.4 is 11.3 Å². The summed E-state index contributed by atoms with van der Waals surface area (Å²) >= 11 is 0. The van der Waals surface area contributed by atoms with Crippen molar-refractivity contribution in [3.8, 4) is 22.4 Å². The van der Waals surface area contributed by atoms with Gasteiger partial charge in [-0.15, -0.1) is 0 Å². The molecular formula is C24H17FN6O. The number of benzene rings is 3. The van der Waals surface area contributed by atoms with Crippen LogP contribution in [0.5, 0.6) is 0 Å². The third kappa shape index (κ3) is 2.87. The molecule has 0 aliphatic carbocycles. The van der Waals surface area contributed by atoms with E-state index in [1.807, 2.05) is 36.4 Å². The van der Waals surface area contributed by atoms with Gasteiger partial charge in [0.2, 0.25) is 5.69 Å². The highest BCUT2D eigenvalue weighted by Crippen LogP contribution is 2.41. The van der Waals surface area contributed by atoms with Gasteiger partial charge in [-0.05, 0) is 28.5 Å². The summed E-state index contributed by atoms with van der Waals surface area (Å²) in [6, 6.07) is 14.5. The van der Waals surface area contributed by atoms with Crippen molar-refractivity contribution in [3.05, 3.63) is 88.0 Å². The Morgan fingerprint density at radius 2 is 1.97 bits per heavy atom. The van der Waals surface area contributed by atoms with Crippen LogP contribution in [-0.4, -0.2) is 20.0 Å². The first-order valence-corrected chi connectivity index (χ1v) is 9.86. The van der Waals surface area contributed by atoms with Crippen LogP contribution in [0.1, 0.15) is 5.69 Å². The SMILES string of the molecule is [C-]#[N+]c1c(-c2c(-c3cc(F)c4c(=O)[nH]nc(CN)c4c3)cnn2C)ccc2ccccc12. The fourth-order valence-corrected chi connectivity index (χ4v) is 4.15. The van der Waals surface area contributed by atoms with Crippen LogP contribution in [0.15, 0.2) is 59.5 Å². The molecule has 2 aromatic heterocycles. The fourth-order valence-electron chi connectivity index (χ4n) is 4.15. The Kier molecular flexibility index (Phi) is 4.54. The number of aryl methyl sites for hydroxylation is 1. The van der Waals surface area contributed by atoms with Crippen LogP contribution >= 0.6 is 0 Å². The molecule has 0 fully saturated rings. The van der Waals surface area contributed by atoms with Gasteiger partial charge in [0.1, 0.15) is 5.82 Å². The van der Waals surface area contributed by atoms with Crippen LogP contribution in [0.25, 0.3) is 48.8 Å². The summed E-state index contributed by atoms with van der Waals surface area (Å²) in [6.45, 7) is 7.85. The topological polar surface area (TPSA) is 93.9 Å². The molecule has 0 spiro atoms. The molecule has 0 bridgehead atoms. The molecule has 156 valence electrons. The minimum atomic E-state index is -0.672. The molecule has 3 aromatic carbocycles. The largest absolute Gasteiger partial charge is 0.325 e. The summed E-state index contributed by atoms with van der Waals surface area (Å²) in [4.78, 5) is 16.0. The monoisotopic (exact) mass is 424 g/mol. The van der Waals surface area contributed by atoms with E-state index < -0.39 is 11.4 Å². The highest BCUT2D eigenvalue weighted by molar-refractivity contribution is 6.04. The van der Waals surface area contributed by atoms with Crippen LogP contribution in [0, 0.1) is 12.4 Å². The van der Waals surface area contributed by atoms with E-state index in [4.69, 9.17) is 12.3 Å². The van der Waals surface area contributed by atoms with Crippen molar-refractivity contribution in [1.82, 2.24) is 20.0 Å². The smallest absolute Gasteiger partial charge is 0.275 e. The second kappa shape index (κ2) is 7.41. The number of halogens is 1. The summed E-state index contributed by atoms with van der Waals surface area (Å²) in [6.07, 6.45) is 1.63. The first kappa shape index (κ1) is 19.6. The van der Waals surface area contributed by atoms with E-state index in [9.17, 15) is 4.79 Å². The number of rotatable bonds is 3. The van der Waals surface area contributed by atoms with Gasteiger partial charge >= 0.3 is 0 Å². The Hall–Kier alpha value is -4.35. The fraction of sp³-hybridized carbons (Fsp3) is 0.0833. The molecule has 3 N–H and O–H groups in total. The van der Waals surface area contributed by atoms with Crippen molar-refractivity contribution in [2.75, 3.05) is 0 Å². The van der Waals surface area contributed by atoms with Crippen molar-refractivity contribution in [1.29, 1.82) is 0 Å². The normalized spacial score (nSPS) is 11.2. The average Bonchev–Trinajstić information content (AvgIpc) is 3.19. The molecule has 0 saturated carbocycles. The molecule has 5 rings (SSSR count). The van der Waals surface area contributed by atoms with Crippen LogP contribution in [0.3, 0.4) is 0 Å². The van der Waals surface area contributed by atoms with E-state index in [-0.39, 0.29) is 11.9 Å². The molecule has 0 radical (unpaired) electrons. The van der Waals surface area contributed by atoms with Crippen molar-refractivity contribution in [2.45, 2.75) is 6.54 Å². The Labute approximate surface area is 181 Å². The minimum absolute atomic E-state index is 0.0443. The third-order valence-electron chi connectivity index (χ3n) is 5.63. The average molecular weight is 424 g/mol. The molecule has 0 unspecified atom stereocenters. The molecule has 0 amide bonds. The van der Waals surface area contributed by atoms with Crippen LogP contribution in [0.4, 0.5) is 10.1 Å². The summed E-state index contributed by atoms with van der Waals surface area (Å²) in [5.74, 6) is -0.672. The highest BCUT2D eigenvalue weighted by Gasteiger charge is 2.20. The predicted molar refractivity (Wildman–Crippen MR) is 122 cm³/mol. The first-order valence-electron chi connectivity index (χ1n) is 9.86. The lowest BCUT2D eigenvalue weighted by Crippen LogP contribution is -2.14. The zero-order valence-electron chi connectivity index (χ0n) is 17.1. The van der Waals surface area contributed by atoms with Crippen molar-refractivity contribution >= 4 is 27.2 Å². The van der Waals surface area contributed by atoms with Gasteiger partial charge in [-0.3, -0.25) is 9.48 Å². The summed E-state index contributed by atoms with van der Waals surface area (Å²) < 4.78 is 16.7. The molecule has 0 atom stereocenters. The molecular weight excluding hydrogens is 407 g/mol. The molecule has 5 aromatic rings. The zero-order chi connectivity index (χ0) is 22.4. The predicted octanol–water partition coefficient (Wildman–Crippen LogP) is 4.29. The lowest BCUT2D eigenvalue weighted by Gasteiger charge is -2.12. The number of hydrogen-bond donors (Lipinski definition) is 2. The summed E-state index contributed by atoms with van der Waals surface area (Å²) in [5.41, 5.74) is 8.55. The number of nitrogens with one attached hydrogen (secondary N) is 1. The molecule has 0 aliphatic heterocycles. The number of nitrogens with zero attached hydrogens (tertiary/aromatic N) is 4.